The summed E-state index contributed by atoms with van der Waals surface area (Å²) in [7, 11) is 0. The molecule has 6 rings (SSSR count). The third-order valence-electron chi connectivity index (χ3n) is 9.65. The van der Waals surface area contributed by atoms with Gasteiger partial charge in [-0.15, -0.1) is 0 Å². The van der Waals surface area contributed by atoms with E-state index >= 15 is 0 Å². The molecule has 8 heteroatoms. The standard InChI is InChI=1S/C33H43F3NO3S/c1-29(2,3)41(7)40-23-19-30(4,5)18-22-24(23)26-25(28(37-22)31(6)12-13-31)27(39-32(26)14-16-38-17-15-32)20-8-10-21(11-9-20)33(34,35)36/h8-11,23,27H,12-19H2,1-7H3/q+1/t23-,27+,41?/m0/s1. The van der Waals surface area contributed by atoms with Crippen LogP contribution >= 0.6 is 0 Å². The highest BCUT2D eigenvalue weighted by Gasteiger charge is 2.56. The Labute approximate surface area is 245 Å². The SMILES string of the molecule is C[S+](O[C@H]1CC(C)(C)Cc2nc(C3(C)CC3)c3c(c21)C1(CCOCC1)O[C@@H]3c1ccc(C(F)(F)F)cc1)C(C)(C)C. The zero-order valence-corrected chi connectivity index (χ0v) is 26.2. The summed E-state index contributed by atoms with van der Waals surface area (Å²) >= 11 is -0.304. The molecule has 2 aliphatic carbocycles. The van der Waals surface area contributed by atoms with Gasteiger partial charge in [0.15, 0.2) is 4.75 Å². The first-order valence-electron chi connectivity index (χ1n) is 14.9. The number of halogens is 3. The van der Waals surface area contributed by atoms with Gasteiger partial charge in [0.25, 0.3) is 0 Å². The van der Waals surface area contributed by atoms with Gasteiger partial charge in [-0.25, -0.2) is 0 Å². The number of benzene rings is 1. The van der Waals surface area contributed by atoms with Crippen LogP contribution in [0.15, 0.2) is 24.3 Å². The third-order valence-corrected chi connectivity index (χ3v) is 11.9. The second kappa shape index (κ2) is 9.70. The average Bonchev–Trinajstić information content (AvgIpc) is 3.55. The quantitative estimate of drug-likeness (QED) is 0.336. The van der Waals surface area contributed by atoms with Crippen molar-refractivity contribution in [1.29, 1.82) is 0 Å². The van der Waals surface area contributed by atoms with Crippen LogP contribution in [0.1, 0.15) is 125 Å². The zero-order chi connectivity index (χ0) is 29.6. The molecule has 41 heavy (non-hydrogen) atoms. The van der Waals surface area contributed by atoms with Crippen molar-refractivity contribution in [2.45, 2.75) is 114 Å². The van der Waals surface area contributed by atoms with Crippen LogP contribution in [-0.4, -0.2) is 29.2 Å². The van der Waals surface area contributed by atoms with Gasteiger partial charge < -0.3 is 9.47 Å². The Morgan fingerprint density at radius 2 is 1.59 bits per heavy atom. The summed E-state index contributed by atoms with van der Waals surface area (Å²) in [6.07, 6.45) is 2.45. The fraction of sp³-hybridized carbons (Fsp3) is 0.667. The minimum Gasteiger partial charge on any atom is -0.381 e. The van der Waals surface area contributed by atoms with Gasteiger partial charge in [0.05, 0.1) is 16.9 Å². The number of hydrogen-bond acceptors (Lipinski definition) is 4. The van der Waals surface area contributed by atoms with Crippen LogP contribution in [0.5, 0.6) is 0 Å². The molecule has 2 fully saturated rings. The van der Waals surface area contributed by atoms with E-state index in [0.717, 1.165) is 48.2 Å². The molecule has 2 aliphatic heterocycles. The van der Waals surface area contributed by atoms with E-state index in [4.69, 9.17) is 18.6 Å². The Kier molecular flexibility index (Phi) is 6.97. The number of fused-ring (bicyclic) bond motifs is 4. The summed E-state index contributed by atoms with van der Waals surface area (Å²) in [4.78, 5) is 5.48. The van der Waals surface area contributed by atoms with E-state index < -0.39 is 23.4 Å². The maximum atomic E-state index is 13.5. The van der Waals surface area contributed by atoms with E-state index in [1.165, 1.54) is 23.3 Å². The predicted molar refractivity (Wildman–Crippen MR) is 156 cm³/mol. The van der Waals surface area contributed by atoms with Crippen LogP contribution in [0.25, 0.3) is 0 Å². The lowest BCUT2D eigenvalue weighted by molar-refractivity contribution is -0.137. The second-order valence-electron chi connectivity index (χ2n) is 14.6. The summed E-state index contributed by atoms with van der Waals surface area (Å²) < 4.78 is 60.3. The van der Waals surface area contributed by atoms with Crippen LogP contribution in [0, 0.1) is 5.41 Å². The topological polar surface area (TPSA) is 40.6 Å². The molecule has 1 aromatic carbocycles. The Morgan fingerprint density at radius 1 is 0.951 bits per heavy atom. The van der Waals surface area contributed by atoms with Gasteiger partial charge in [-0.1, -0.05) is 32.9 Å². The first-order valence-corrected chi connectivity index (χ1v) is 16.4. The summed E-state index contributed by atoms with van der Waals surface area (Å²) in [5.74, 6) is 0. The molecule has 2 aromatic rings. The Balaban J connectivity index is 1.58. The number of nitrogens with zero attached hydrogens (tertiary/aromatic N) is 1. The van der Waals surface area contributed by atoms with Crippen molar-refractivity contribution in [2.24, 2.45) is 5.41 Å². The molecule has 4 nitrogen and oxygen atoms in total. The molecule has 3 atom stereocenters. The fourth-order valence-corrected chi connectivity index (χ4v) is 7.60. The molecule has 0 radical (unpaired) electrons. The van der Waals surface area contributed by atoms with Crippen molar-refractivity contribution in [3.05, 3.63) is 63.5 Å². The van der Waals surface area contributed by atoms with Crippen molar-refractivity contribution in [1.82, 2.24) is 4.98 Å². The minimum atomic E-state index is -4.38. The number of rotatable bonds is 4. The lowest BCUT2D eigenvalue weighted by Gasteiger charge is -2.41. The zero-order valence-electron chi connectivity index (χ0n) is 25.3. The van der Waals surface area contributed by atoms with Gasteiger partial charge in [0, 0.05) is 48.3 Å². The summed E-state index contributed by atoms with van der Waals surface area (Å²) in [5, 5.41) is 0. The van der Waals surface area contributed by atoms with E-state index in [-0.39, 0.29) is 32.9 Å². The van der Waals surface area contributed by atoms with Gasteiger partial charge in [0.2, 0.25) is 0 Å². The van der Waals surface area contributed by atoms with Gasteiger partial charge in [-0.3, -0.25) is 4.98 Å². The molecule has 1 saturated heterocycles. The molecular formula is C33H43F3NO3S+. The second-order valence-corrected chi connectivity index (χ2v) is 16.9. The largest absolute Gasteiger partial charge is 0.416 e. The molecule has 4 aliphatic rings. The van der Waals surface area contributed by atoms with Crippen molar-refractivity contribution in [3.8, 4) is 0 Å². The average molecular weight is 591 g/mol. The number of hydrogen-bond donors (Lipinski definition) is 0. The van der Waals surface area contributed by atoms with E-state index in [0.29, 0.717) is 26.1 Å². The van der Waals surface area contributed by atoms with Gasteiger partial charge in [0.1, 0.15) is 29.6 Å². The molecule has 1 spiro atoms. The van der Waals surface area contributed by atoms with Crippen molar-refractivity contribution >= 4 is 11.2 Å². The molecule has 1 saturated carbocycles. The number of pyridine rings is 1. The number of alkyl halides is 3. The van der Waals surface area contributed by atoms with E-state index in [1.54, 1.807) is 12.1 Å². The lowest BCUT2D eigenvalue weighted by Crippen LogP contribution is -2.39. The molecule has 3 heterocycles. The maximum Gasteiger partial charge on any atom is 0.416 e. The molecule has 1 aromatic heterocycles. The van der Waals surface area contributed by atoms with E-state index in [9.17, 15) is 13.2 Å². The van der Waals surface area contributed by atoms with Crippen LogP contribution in [-0.2, 0) is 48.4 Å². The molecular weight excluding hydrogens is 547 g/mol. The predicted octanol–water partition coefficient (Wildman–Crippen LogP) is 8.27. The summed E-state index contributed by atoms with van der Waals surface area (Å²) in [6, 6.07) is 5.54. The Hall–Kier alpha value is -1.61. The monoisotopic (exact) mass is 590 g/mol. The van der Waals surface area contributed by atoms with Crippen LogP contribution in [0.2, 0.25) is 0 Å². The third kappa shape index (κ3) is 5.25. The highest BCUT2D eigenvalue weighted by Crippen LogP contribution is 2.61. The first kappa shape index (κ1) is 29.5. The molecule has 224 valence electrons. The fourth-order valence-electron chi connectivity index (χ4n) is 6.80. The van der Waals surface area contributed by atoms with Crippen LogP contribution in [0.3, 0.4) is 0 Å². The smallest absolute Gasteiger partial charge is 0.381 e. The molecule has 0 bridgehead atoms. The molecule has 0 N–H and O–H groups in total. The number of aromatic nitrogens is 1. The highest BCUT2D eigenvalue weighted by atomic mass is 32.2. The van der Waals surface area contributed by atoms with Crippen LogP contribution < -0.4 is 0 Å². The van der Waals surface area contributed by atoms with Gasteiger partial charge in [-0.2, -0.15) is 17.4 Å². The molecule has 1 unspecified atom stereocenters. The Morgan fingerprint density at radius 3 is 2.15 bits per heavy atom. The number of ether oxygens (including phenoxy) is 2. The molecule has 0 amide bonds. The van der Waals surface area contributed by atoms with Crippen LogP contribution in [0.4, 0.5) is 13.2 Å². The summed E-state index contributed by atoms with van der Waals surface area (Å²) in [6.45, 7) is 14.7. The lowest BCUT2D eigenvalue weighted by atomic mass is 9.69. The Bertz CT molecular complexity index is 1320. The van der Waals surface area contributed by atoms with Crippen molar-refractivity contribution in [2.75, 3.05) is 19.5 Å². The van der Waals surface area contributed by atoms with E-state index in [2.05, 4.69) is 47.8 Å². The van der Waals surface area contributed by atoms with Crippen molar-refractivity contribution < 1.29 is 26.8 Å². The maximum absolute atomic E-state index is 13.5. The highest BCUT2D eigenvalue weighted by molar-refractivity contribution is 7.93. The first-order chi connectivity index (χ1) is 19.0. The minimum absolute atomic E-state index is 0.00455. The van der Waals surface area contributed by atoms with Gasteiger partial charge >= 0.3 is 6.18 Å². The van der Waals surface area contributed by atoms with Crippen molar-refractivity contribution in [3.63, 3.8) is 0 Å². The van der Waals surface area contributed by atoms with E-state index in [1.807, 2.05) is 0 Å². The normalized spacial score (nSPS) is 26.9. The summed E-state index contributed by atoms with van der Waals surface area (Å²) in [5.41, 5.74) is 5.12. The van der Waals surface area contributed by atoms with Gasteiger partial charge in [-0.05, 0) is 75.1 Å².